The van der Waals surface area contributed by atoms with Gasteiger partial charge >= 0.3 is 0 Å². The summed E-state index contributed by atoms with van der Waals surface area (Å²) in [6.45, 7) is 5.11. The third kappa shape index (κ3) is 6.18. The van der Waals surface area contributed by atoms with Crippen molar-refractivity contribution in [2.45, 2.75) is 52.1 Å². The second kappa shape index (κ2) is 8.55. The van der Waals surface area contributed by atoms with E-state index in [0.717, 1.165) is 25.9 Å². The number of rotatable bonds is 7. The first-order valence-electron chi connectivity index (χ1n) is 4.83. The average molecular weight is 169 g/mol. The van der Waals surface area contributed by atoms with Gasteiger partial charge in [-0.05, 0) is 19.3 Å². The van der Waals surface area contributed by atoms with E-state index in [1.807, 2.05) is 0 Å². The van der Waals surface area contributed by atoms with Gasteiger partial charge in [0, 0.05) is 13.0 Å². The van der Waals surface area contributed by atoms with Gasteiger partial charge in [-0.15, -0.1) is 0 Å². The Hall–Kier alpha value is -0.550. The van der Waals surface area contributed by atoms with Crippen LogP contribution in [-0.4, -0.2) is 12.7 Å². The van der Waals surface area contributed by atoms with E-state index in [1.54, 1.807) is 0 Å². The van der Waals surface area contributed by atoms with E-state index in [0.29, 0.717) is 12.5 Å². The minimum Gasteiger partial charge on any atom is -0.378 e. The van der Waals surface area contributed by atoms with Crippen LogP contribution in [0.3, 0.4) is 0 Å². The molecular weight excluding hydrogens is 150 g/mol. The van der Waals surface area contributed by atoms with E-state index in [9.17, 15) is 0 Å². The van der Waals surface area contributed by atoms with Crippen LogP contribution in [-0.2, 0) is 4.74 Å². The van der Waals surface area contributed by atoms with Crippen molar-refractivity contribution in [3.63, 3.8) is 0 Å². The quantitative estimate of drug-likeness (QED) is 0.549. The smallest absolute Gasteiger partial charge is 0.0622 e. The van der Waals surface area contributed by atoms with Crippen molar-refractivity contribution >= 4 is 0 Å². The molecule has 0 aromatic rings. The maximum Gasteiger partial charge on any atom is 0.0622 e. The summed E-state index contributed by atoms with van der Waals surface area (Å²) in [6.07, 6.45) is 5.13. The van der Waals surface area contributed by atoms with Crippen LogP contribution < -0.4 is 0 Å². The molecule has 0 saturated heterocycles. The van der Waals surface area contributed by atoms with Gasteiger partial charge < -0.3 is 4.74 Å². The van der Waals surface area contributed by atoms with E-state index >= 15 is 0 Å². The molecule has 0 fully saturated rings. The van der Waals surface area contributed by atoms with Crippen molar-refractivity contribution < 1.29 is 4.74 Å². The second-order valence-corrected chi connectivity index (χ2v) is 2.95. The van der Waals surface area contributed by atoms with Gasteiger partial charge in [-0.1, -0.05) is 20.3 Å². The minimum absolute atomic E-state index is 0.302. The third-order valence-electron chi connectivity index (χ3n) is 1.88. The van der Waals surface area contributed by atoms with Gasteiger partial charge in [0.2, 0.25) is 0 Å². The molecule has 0 bridgehead atoms. The van der Waals surface area contributed by atoms with Crippen molar-refractivity contribution in [1.82, 2.24) is 0 Å². The molecule has 0 aliphatic heterocycles. The molecule has 12 heavy (non-hydrogen) atoms. The van der Waals surface area contributed by atoms with Gasteiger partial charge in [0.25, 0.3) is 0 Å². The molecule has 0 radical (unpaired) electrons. The molecule has 0 saturated carbocycles. The molecular formula is C10H19NO. The van der Waals surface area contributed by atoms with Crippen molar-refractivity contribution in [3.8, 4) is 6.07 Å². The van der Waals surface area contributed by atoms with Crippen molar-refractivity contribution in [1.29, 1.82) is 5.26 Å². The van der Waals surface area contributed by atoms with Crippen LogP contribution in [0.25, 0.3) is 0 Å². The maximum atomic E-state index is 8.38. The Balaban J connectivity index is 3.34. The van der Waals surface area contributed by atoms with Gasteiger partial charge in [-0.25, -0.2) is 0 Å². The largest absolute Gasteiger partial charge is 0.378 e. The lowest BCUT2D eigenvalue weighted by atomic mass is 10.1. The van der Waals surface area contributed by atoms with Crippen LogP contribution in [0.1, 0.15) is 46.0 Å². The Morgan fingerprint density at radius 1 is 1.42 bits per heavy atom. The molecule has 0 spiro atoms. The third-order valence-corrected chi connectivity index (χ3v) is 1.88. The number of unbranched alkanes of at least 4 members (excludes halogenated alkanes) is 1. The lowest BCUT2D eigenvalue weighted by molar-refractivity contribution is 0.0441. The summed E-state index contributed by atoms with van der Waals surface area (Å²) in [7, 11) is 0. The molecule has 2 nitrogen and oxygen atoms in total. The van der Waals surface area contributed by atoms with Gasteiger partial charge in [0.1, 0.15) is 0 Å². The number of ether oxygens (including phenoxy) is 1. The van der Waals surface area contributed by atoms with Crippen LogP contribution in [0, 0.1) is 11.3 Å². The van der Waals surface area contributed by atoms with Crippen LogP contribution >= 0.6 is 0 Å². The summed E-state index contributed by atoms with van der Waals surface area (Å²) in [4.78, 5) is 0. The summed E-state index contributed by atoms with van der Waals surface area (Å²) in [5, 5.41) is 8.38. The highest BCUT2D eigenvalue weighted by molar-refractivity contribution is 4.71. The van der Waals surface area contributed by atoms with E-state index in [4.69, 9.17) is 10.00 Å². The van der Waals surface area contributed by atoms with Crippen LogP contribution in [0.5, 0.6) is 0 Å². The number of hydrogen-bond acceptors (Lipinski definition) is 2. The van der Waals surface area contributed by atoms with E-state index in [-0.39, 0.29) is 0 Å². The molecule has 70 valence electrons. The standard InChI is InChI=1S/C10H19NO/c1-3-5-9-12-10(4-2)7-6-8-11/h10H,3-7,9H2,1-2H3. The van der Waals surface area contributed by atoms with Crippen LogP contribution in [0.2, 0.25) is 0 Å². The fourth-order valence-corrected chi connectivity index (χ4v) is 1.03. The first-order chi connectivity index (χ1) is 5.85. The lowest BCUT2D eigenvalue weighted by Gasteiger charge is -2.13. The highest BCUT2D eigenvalue weighted by atomic mass is 16.5. The first kappa shape index (κ1) is 11.4. The molecule has 0 aromatic heterocycles. The summed E-state index contributed by atoms with van der Waals surface area (Å²) in [5.74, 6) is 0. The molecule has 1 unspecified atom stereocenters. The fourth-order valence-electron chi connectivity index (χ4n) is 1.03. The summed E-state index contributed by atoms with van der Waals surface area (Å²) < 4.78 is 5.58. The molecule has 0 amide bonds. The number of nitriles is 1. The Morgan fingerprint density at radius 3 is 2.67 bits per heavy atom. The molecule has 0 aliphatic rings. The number of hydrogen-bond donors (Lipinski definition) is 0. The first-order valence-corrected chi connectivity index (χ1v) is 4.83. The SMILES string of the molecule is CCCCOC(CC)CCC#N. The summed E-state index contributed by atoms with van der Waals surface area (Å²) >= 11 is 0. The molecule has 0 rings (SSSR count). The van der Waals surface area contributed by atoms with Gasteiger partial charge in [-0.2, -0.15) is 5.26 Å². The molecule has 0 aliphatic carbocycles. The molecule has 0 aromatic carbocycles. The number of nitrogens with zero attached hydrogens (tertiary/aromatic N) is 1. The Kier molecular flexibility index (Phi) is 8.15. The Morgan fingerprint density at radius 2 is 2.17 bits per heavy atom. The van der Waals surface area contributed by atoms with Crippen molar-refractivity contribution in [2.24, 2.45) is 0 Å². The highest BCUT2D eigenvalue weighted by Gasteiger charge is 2.04. The molecule has 0 N–H and O–H groups in total. The normalized spacial score (nSPS) is 12.4. The fraction of sp³-hybridized carbons (Fsp3) is 0.900. The zero-order valence-electron chi connectivity index (χ0n) is 8.18. The molecule has 2 heteroatoms. The van der Waals surface area contributed by atoms with Gasteiger partial charge in [0.15, 0.2) is 0 Å². The van der Waals surface area contributed by atoms with E-state index in [2.05, 4.69) is 19.9 Å². The zero-order valence-corrected chi connectivity index (χ0v) is 8.18. The minimum atomic E-state index is 0.302. The van der Waals surface area contributed by atoms with Crippen molar-refractivity contribution in [3.05, 3.63) is 0 Å². The predicted molar refractivity (Wildman–Crippen MR) is 49.8 cm³/mol. The Labute approximate surface area is 75.5 Å². The summed E-state index contributed by atoms with van der Waals surface area (Å²) in [5.41, 5.74) is 0. The average Bonchev–Trinajstić information content (AvgIpc) is 2.11. The zero-order chi connectivity index (χ0) is 9.23. The highest BCUT2D eigenvalue weighted by Crippen LogP contribution is 2.06. The van der Waals surface area contributed by atoms with Crippen molar-refractivity contribution in [2.75, 3.05) is 6.61 Å². The van der Waals surface area contributed by atoms with Gasteiger partial charge in [0.05, 0.1) is 12.2 Å². The topological polar surface area (TPSA) is 33.0 Å². The molecule has 1 atom stereocenters. The van der Waals surface area contributed by atoms with Gasteiger partial charge in [-0.3, -0.25) is 0 Å². The molecule has 0 heterocycles. The summed E-state index contributed by atoms with van der Waals surface area (Å²) in [6, 6.07) is 2.14. The van der Waals surface area contributed by atoms with E-state index < -0.39 is 0 Å². The second-order valence-electron chi connectivity index (χ2n) is 2.95. The maximum absolute atomic E-state index is 8.38. The Bertz CT molecular complexity index is 128. The lowest BCUT2D eigenvalue weighted by Crippen LogP contribution is -2.12. The van der Waals surface area contributed by atoms with Crippen LogP contribution in [0.4, 0.5) is 0 Å². The van der Waals surface area contributed by atoms with Crippen LogP contribution in [0.15, 0.2) is 0 Å². The van der Waals surface area contributed by atoms with E-state index in [1.165, 1.54) is 6.42 Å². The monoisotopic (exact) mass is 169 g/mol. The predicted octanol–water partition coefficient (Wildman–Crippen LogP) is 2.89.